The lowest BCUT2D eigenvalue weighted by molar-refractivity contribution is 0.205. The molecule has 0 atom stereocenters. The Kier molecular flexibility index (Phi) is 4.02. The number of nitrogens with two attached hydrogens (primary N) is 1. The Morgan fingerprint density at radius 3 is 2.77 bits per heavy atom. The zero-order chi connectivity index (χ0) is 9.68. The van der Waals surface area contributed by atoms with Crippen LogP contribution < -0.4 is 16.4 Å². The number of amides is 2. The maximum absolute atomic E-state index is 11.1. The van der Waals surface area contributed by atoms with E-state index in [1.54, 1.807) is 0 Å². The normalized spacial score (nSPS) is 26.3. The third-order valence-electron chi connectivity index (χ3n) is 2.44. The predicted octanol–water partition coefficient (Wildman–Crippen LogP) is 0.433. The van der Waals surface area contributed by atoms with Crippen molar-refractivity contribution in [1.82, 2.24) is 10.6 Å². The number of hydrogen-bond donors (Lipinski definition) is 3. The van der Waals surface area contributed by atoms with Gasteiger partial charge in [0.05, 0.1) is 0 Å². The SMILES string of the molecule is CCCNC(=O)NC1CC(CN)C1. The summed E-state index contributed by atoms with van der Waals surface area (Å²) in [5.74, 6) is 0.622. The quantitative estimate of drug-likeness (QED) is 0.594. The van der Waals surface area contributed by atoms with Gasteiger partial charge in [0.25, 0.3) is 0 Å². The summed E-state index contributed by atoms with van der Waals surface area (Å²) in [7, 11) is 0. The molecule has 1 aliphatic rings. The molecule has 4 heteroatoms. The van der Waals surface area contributed by atoms with Gasteiger partial charge in [0.1, 0.15) is 0 Å². The van der Waals surface area contributed by atoms with Gasteiger partial charge < -0.3 is 16.4 Å². The van der Waals surface area contributed by atoms with Crippen LogP contribution in [0.4, 0.5) is 4.79 Å². The van der Waals surface area contributed by atoms with Gasteiger partial charge in [0, 0.05) is 12.6 Å². The van der Waals surface area contributed by atoms with Gasteiger partial charge >= 0.3 is 6.03 Å². The molecule has 1 rings (SSSR count). The average molecular weight is 185 g/mol. The van der Waals surface area contributed by atoms with Crippen LogP contribution in [0.5, 0.6) is 0 Å². The van der Waals surface area contributed by atoms with E-state index in [-0.39, 0.29) is 6.03 Å². The third kappa shape index (κ3) is 3.22. The van der Waals surface area contributed by atoms with Gasteiger partial charge in [-0.2, -0.15) is 0 Å². The standard InChI is InChI=1S/C9H19N3O/c1-2-3-11-9(13)12-8-4-7(5-8)6-10/h7-8H,2-6,10H2,1H3,(H2,11,12,13). The van der Waals surface area contributed by atoms with Crippen molar-refractivity contribution in [3.05, 3.63) is 0 Å². The van der Waals surface area contributed by atoms with E-state index in [1.165, 1.54) is 0 Å². The maximum Gasteiger partial charge on any atom is 0.315 e. The fourth-order valence-electron chi connectivity index (χ4n) is 1.52. The molecule has 76 valence electrons. The number of rotatable bonds is 4. The van der Waals surface area contributed by atoms with Gasteiger partial charge in [-0.15, -0.1) is 0 Å². The fraction of sp³-hybridized carbons (Fsp3) is 0.889. The molecule has 0 aliphatic heterocycles. The summed E-state index contributed by atoms with van der Waals surface area (Å²) in [6, 6.07) is 0.313. The van der Waals surface area contributed by atoms with E-state index >= 15 is 0 Å². The molecule has 4 nitrogen and oxygen atoms in total. The minimum atomic E-state index is -0.0395. The van der Waals surface area contributed by atoms with E-state index in [9.17, 15) is 4.79 Å². The summed E-state index contributed by atoms with van der Waals surface area (Å²) < 4.78 is 0. The van der Waals surface area contributed by atoms with Crippen LogP contribution >= 0.6 is 0 Å². The van der Waals surface area contributed by atoms with Gasteiger partial charge in [-0.1, -0.05) is 6.92 Å². The van der Waals surface area contributed by atoms with E-state index in [1.807, 2.05) is 6.92 Å². The Labute approximate surface area is 79.3 Å². The van der Waals surface area contributed by atoms with Crippen LogP contribution in [0.25, 0.3) is 0 Å². The van der Waals surface area contributed by atoms with Crippen molar-refractivity contribution in [3.63, 3.8) is 0 Å². The van der Waals surface area contributed by atoms with Gasteiger partial charge in [0.2, 0.25) is 0 Å². The molecule has 0 aromatic heterocycles. The monoisotopic (exact) mass is 185 g/mol. The predicted molar refractivity (Wildman–Crippen MR) is 52.4 cm³/mol. The minimum Gasteiger partial charge on any atom is -0.338 e. The summed E-state index contributed by atoms with van der Waals surface area (Å²) in [6.07, 6.45) is 3.05. The van der Waals surface area contributed by atoms with Crippen molar-refractivity contribution >= 4 is 6.03 Å². The number of carbonyl (C=O) groups excluding carboxylic acids is 1. The Hall–Kier alpha value is -0.770. The molecule has 0 bridgehead atoms. The average Bonchev–Trinajstić information content (AvgIpc) is 2.07. The molecule has 0 aromatic carbocycles. The van der Waals surface area contributed by atoms with Crippen LogP contribution in [0.15, 0.2) is 0 Å². The molecule has 0 spiro atoms. The van der Waals surface area contributed by atoms with Gasteiger partial charge in [-0.05, 0) is 31.7 Å². The second kappa shape index (κ2) is 5.07. The smallest absolute Gasteiger partial charge is 0.315 e. The van der Waals surface area contributed by atoms with Crippen molar-refractivity contribution in [2.75, 3.05) is 13.1 Å². The zero-order valence-electron chi connectivity index (χ0n) is 8.18. The lowest BCUT2D eigenvalue weighted by Gasteiger charge is -2.34. The van der Waals surface area contributed by atoms with Crippen molar-refractivity contribution in [1.29, 1.82) is 0 Å². The van der Waals surface area contributed by atoms with Crippen molar-refractivity contribution in [3.8, 4) is 0 Å². The molecule has 0 radical (unpaired) electrons. The van der Waals surface area contributed by atoms with Crippen molar-refractivity contribution < 1.29 is 4.79 Å². The van der Waals surface area contributed by atoms with E-state index < -0.39 is 0 Å². The molecule has 1 aliphatic carbocycles. The van der Waals surface area contributed by atoms with E-state index in [4.69, 9.17) is 5.73 Å². The summed E-state index contributed by atoms with van der Waals surface area (Å²) in [5, 5.41) is 5.69. The highest BCUT2D eigenvalue weighted by molar-refractivity contribution is 5.74. The summed E-state index contributed by atoms with van der Waals surface area (Å²) in [5.41, 5.74) is 5.48. The van der Waals surface area contributed by atoms with Crippen LogP contribution in [0.1, 0.15) is 26.2 Å². The van der Waals surface area contributed by atoms with Crippen LogP contribution in [-0.4, -0.2) is 25.2 Å². The van der Waals surface area contributed by atoms with Crippen molar-refractivity contribution in [2.24, 2.45) is 11.7 Å². The first-order chi connectivity index (χ1) is 6.26. The van der Waals surface area contributed by atoms with E-state index in [2.05, 4.69) is 10.6 Å². The lowest BCUT2D eigenvalue weighted by atomic mass is 9.80. The molecule has 1 fully saturated rings. The van der Waals surface area contributed by atoms with Crippen LogP contribution in [-0.2, 0) is 0 Å². The largest absolute Gasteiger partial charge is 0.338 e. The molecule has 0 saturated heterocycles. The second-order valence-electron chi connectivity index (χ2n) is 3.67. The van der Waals surface area contributed by atoms with Gasteiger partial charge in [-0.3, -0.25) is 0 Å². The first-order valence-corrected chi connectivity index (χ1v) is 5.00. The Morgan fingerprint density at radius 1 is 1.54 bits per heavy atom. The number of nitrogens with one attached hydrogen (secondary N) is 2. The first kappa shape index (κ1) is 10.3. The molecular weight excluding hydrogens is 166 g/mol. The molecule has 4 N–H and O–H groups in total. The zero-order valence-corrected chi connectivity index (χ0v) is 8.18. The van der Waals surface area contributed by atoms with Crippen molar-refractivity contribution in [2.45, 2.75) is 32.2 Å². The Morgan fingerprint density at radius 2 is 2.23 bits per heavy atom. The van der Waals surface area contributed by atoms with Crippen LogP contribution in [0.2, 0.25) is 0 Å². The second-order valence-corrected chi connectivity index (χ2v) is 3.67. The van der Waals surface area contributed by atoms with E-state index in [0.29, 0.717) is 12.0 Å². The molecule has 0 aromatic rings. The van der Waals surface area contributed by atoms with Gasteiger partial charge in [-0.25, -0.2) is 4.79 Å². The highest BCUT2D eigenvalue weighted by Gasteiger charge is 2.28. The Balaban J connectivity index is 2.03. The molecule has 0 unspecified atom stereocenters. The van der Waals surface area contributed by atoms with Crippen LogP contribution in [0.3, 0.4) is 0 Å². The summed E-state index contributed by atoms with van der Waals surface area (Å²) >= 11 is 0. The highest BCUT2D eigenvalue weighted by atomic mass is 16.2. The maximum atomic E-state index is 11.1. The molecule has 1 saturated carbocycles. The number of urea groups is 1. The highest BCUT2D eigenvalue weighted by Crippen LogP contribution is 2.25. The van der Waals surface area contributed by atoms with Gasteiger partial charge in [0.15, 0.2) is 0 Å². The number of carbonyl (C=O) groups is 1. The van der Waals surface area contributed by atoms with Crippen LogP contribution in [0, 0.1) is 5.92 Å². The summed E-state index contributed by atoms with van der Waals surface area (Å²) in [4.78, 5) is 11.1. The molecular formula is C9H19N3O. The van der Waals surface area contributed by atoms with E-state index in [0.717, 1.165) is 32.4 Å². The fourth-order valence-corrected chi connectivity index (χ4v) is 1.52. The molecule has 2 amide bonds. The molecule has 0 heterocycles. The summed E-state index contributed by atoms with van der Waals surface area (Å²) in [6.45, 7) is 3.53. The topological polar surface area (TPSA) is 67.2 Å². The Bertz CT molecular complexity index is 166. The lowest BCUT2D eigenvalue weighted by Crippen LogP contribution is -2.49. The molecule has 13 heavy (non-hydrogen) atoms. The third-order valence-corrected chi connectivity index (χ3v) is 2.44. The number of hydrogen-bond acceptors (Lipinski definition) is 2. The minimum absolute atomic E-state index is 0.0395. The first-order valence-electron chi connectivity index (χ1n) is 5.00.